The van der Waals surface area contributed by atoms with E-state index in [1.807, 2.05) is 6.92 Å². The second kappa shape index (κ2) is 3.06. The molecule has 0 aromatic rings. The predicted molar refractivity (Wildman–Crippen MR) is 44.3 cm³/mol. The van der Waals surface area contributed by atoms with Gasteiger partial charge in [-0.2, -0.15) is 0 Å². The van der Waals surface area contributed by atoms with Gasteiger partial charge in [0.25, 0.3) is 0 Å². The number of hydrogen-bond donors (Lipinski definition) is 1. The third-order valence-electron chi connectivity index (χ3n) is 1.57. The van der Waals surface area contributed by atoms with Gasteiger partial charge < -0.3 is 5.32 Å². The van der Waals surface area contributed by atoms with E-state index >= 15 is 0 Å². The fourth-order valence-corrected chi connectivity index (χ4v) is 1.16. The Kier molecular flexibility index (Phi) is 2.33. The lowest BCUT2D eigenvalue weighted by Gasteiger charge is -2.16. The standard InChI is InChI=1S/C7H11ClN2/c1-3-6-7(8)5(2)9-4-10-6/h4,6H,3H2,1-2H3,(H,9,10). The normalized spacial score (nSPS) is 24.9. The molecule has 1 rings (SSSR count). The Morgan fingerprint density at radius 3 is 3.00 bits per heavy atom. The summed E-state index contributed by atoms with van der Waals surface area (Å²) in [5.74, 6) is 0. The van der Waals surface area contributed by atoms with E-state index in [-0.39, 0.29) is 6.04 Å². The van der Waals surface area contributed by atoms with Crippen LogP contribution in [-0.4, -0.2) is 12.4 Å². The lowest BCUT2D eigenvalue weighted by atomic mass is 10.2. The molecule has 0 radical (unpaired) electrons. The van der Waals surface area contributed by atoms with Crippen LogP contribution in [0.2, 0.25) is 0 Å². The van der Waals surface area contributed by atoms with Crippen molar-refractivity contribution in [3.05, 3.63) is 10.7 Å². The maximum atomic E-state index is 5.94. The molecule has 3 heteroatoms. The van der Waals surface area contributed by atoms with Gasteiger partial charge in [-0.05, 0) is 13.3 Å². The topological polar surface area (TPSA) is 24.4 Å². The van der Waals surface area contributed by atoms with E-state index in [9.17, 15) is 0 Å². The van der Waals surface area contributed by atoms with E-state index in [2.05, 4.69) is 17.2 Å². The van der Waals surface area contributed by atoms with Crippen LogP contribution in [0.4, 0.5) is 0 Å². The van der Waals surface area contributed by atoms with Crippen LogP contribution in [0.5, 0.6) is 0 Å². The van der Waals surface area contributed by atoms with E-state index in [0.717, 1.165) is 17.2 Å². The van der Waals surface area contributed by atoms with Crippen molar-refractivity contribution in [2.75, 3.05) is 0 Å². The molecule has 1 N–H and O–H groups in total. The molecule has 10 heavy (non-hydrogen) atoms. The average molecular weight is 159 g/mol. The van der Waals surface area contributed by atoms with Gasteiger partial charge in [-0.15, -0.1) is 0 Å². The summed E-state index contributed by atoms with van der Waals surface area (Å²) in [4.78, 5) is 4.15. The van der Waals surface area contributed by atoms with Gasteiger partial charge in [0.2, 0.25) is 0 Å². The molecule has 0 aromatic heterocycles. The summed E-state index contributed by atoms with van der Waals surface area (Å²) in [5, 5.41) is 3.79. The maximum absolute atomic E-state index is 5.94. The lowest BCUT2D eigenvalue weighted by molar-refractivity contribution is 0.744. The number of hydrogen-bond acceptors (Lipinski definition) is 2. The molecule has 0 fully saturated rings. The van der Waals surface area contributed by atoms with Crippen molar-refractivity contribution in [3.63, 3.8) is 0 Å². The Labute approximate surface area is 66.0 Å². The first kappa shape index (κ1) is 7.61. The molecule has 2 nitrogen and oxygen atoms in total. The molecule has 0 saturated heterocycles. The van der Waals surface area contributed by atoms with Crippen molar-refractivity contribution in [2.24, 2.45) is 4.99 Å². The van der Waals surface area contributed by atoms with E-state index in [1.54, 1.807) is 6.34 Å². The minimum atomic E-state index is 0.183. The van der Waals surface area contributed by atoms with Crippen LogP contribution in [0.15, 0.2) is 15.7 Å². The molecule has 1 atom stereocenters. The number of allylic oxidation sites excluding steroid dienone is 1. The largest absolute Gasteiger partial charge is 0.349 e. The molecule has 0 saturated carbocycles. The molecule has 1 aliphatic rings. The van der Waals surface area contributed by atoms with E-state index in [0.29, 0.717) is 0 Å². The molecule has 1 aliphatic heterocycles. The zero-order valence-electron chi connectivity index (χ0n) is 6.19. The van der Waals surface area contributed by atoms with Crippen molar-refractivity contribution in [1.82, 2.24) is 5.32 Å². The second-order valence-electron chi connectivity index (χ2n) is 2.32. The maximum Gasteiger partial charge on any atom is 0.0886 e. The number of nitrogens with one attached hydrogen (secondary N) is 1. The predicted octanol–water partition coefficient (Wildman–Crippen LogP) is 1.87. The van der Waals surface area contributed by atoms with Gasteiger partial charge in [0.05, 0.1) is 17.4 Å². The highest BCUT2D eigenvalue weighted by Crippen LogP contribution is 2.19. The zero-order valence-corrected chi connectivity index (χ0v) is 6.94. The first-order valence-corrected chi connectivity index (χ1v) is 3.78. The van der Waals surface area contributed by atoms with Gasteiger partial charge in [0, 0.05) is 5.70 Å². The minimum absolute atomic E-state index is 0.183. The molecule has 0 amide bonds. The molecule has 0 bridgehead atoms. The van der Waals surface area contributed by atoms with E-state index in [4.69, 9.17) is 11.6 Å². The van der Waals surface area contributed by atoms with Crippen LogP contribution in [0.1, 0.15) is 20.3 Å². The van der Waals surface area contributed by atoms with Crippen LogP contribution in [0.25, 0.3) is 0 Å². The molecule has 56 valence electrons. The third kappa shape index (κ3) is 1.32. The summed E-state index contributed by atoms with van der Waals surface area (Å²) in [6.07, 6.45) is 2.67. The van der Waals surface area contributed by atoms with Crippen molar-refractivity contribution in [3.8, 4) is 0 Å². The fourth-order valence-electron chi connectivity index (χ4n) is 0.893. The number of nitrogens with zero attached hydrogens (tertiary/aromatic N) is 1. The van der Waals surface area contributed by atoms with Gasteiger partial charge >= 0.3 is 0 Å². The molecule has 1 unspecified atom stereocenters. The van der Waals surface area contributed by atoms with Crippen molar-refractivity contribution in [2.45, 2.75) is 26.3 Å². The van der Waals surface area contributed by atoms with Gasteiger partial charge in [0.1, 0.15) is 0 Å². The first-order valence-electron chi connectivity index (χ1n) is 3.40. The summed E-state index contributed by atoms with van der Waals surface area (Å²) in [5.41, 5.74) is 1.02. The summed E-state index contributed by atoms with van der Waals surface area (Å²) in [6, 6.07) is 0.183. The Hall–Kier alpha value is -0.500. The van der Waals surface area contributed by atoms with Gasteiger partial charge in [0.15, 0.2) is 0 Å². The summed E-state index contributed by atoms with van der Waals surface area (Å²) < 4.78 is 0. The van der Waals surface area contributed by atoms with Crippen LogP contribution < -0.4 is 5.32 Å². The monoisotopic (exact) mass is 158 g/mol. The molecule has 0 spiro atoms. The van der Waals surface area contributed by atoms with E-state index in [1.165, 1.54) is 0 Å². The molecule has 1 heterocycles. The first-order chi connectivity index (χ1) is 4.75. The highest BCUT2D eigenvalue weighted by molar-refractivity contribution is 6.30. The molecular weight excluding hydrogens is 148 g/mol. The Morgan fingerprint density at radius 1 is 1.80 bits per heavy atom. The van der Waals surface area contributed by atoms with E-state index < -0.39 is 0 Å². The van der Waals surface area contributed by atoms with Crippen LogP contribution >= 0.6 is 11.6 Å². The smallest absolute Gasteiger partial charge is 0.0886 e. The molecule has 0 aromatic carbocycles. The van der Waals surface area contributed by atoms with Crippen LogP contribution in [0, 0.1) is 0 Å². The summed E-state index contributed by atoms with van der Waals surface area (Å²) in [6.45, 7) is 4.03. The highest BCUT2D eigenvalue weighted by Gasteiger charge is 2.13. The lowest BCUT2D eigenvalue weighted by Crippen LogP contribution is -2.21. The van der Waals surface area contributed by atoms with Crippen LogP contribution in [-0.2, 0) is 0 Å². The van der Waals surface area contributed by atoms with Gasteiger partial charge in [-0.25, -0.2) is 0 Å². The Balaban J connectivity index is 2.75. The molecular formula is C7H11ClN2. The average Bonchev–Trinajstić information content (AvgIpc) is 1.95. The number of halogens is 1. The quantitative estimate of drug-likeness (QED) is 0.619. The zero-order chi connectivity index (χ0) is 7.56. The summed E-state index contributed by atoms with van der Waals surface area (Å²) >= 11 is 5.94. The van der Waals surface area contributed by atoms with Crippen molar-refractivity contribution in [1.29, 1.82) is 0 Å². The number of rotatable bonds is 1. The fraction of sp³-hybridized carbons (Fsp3) is 0.571. The third-order valence-corrected chi connectivity index (χ3v) is 2.11. The van der Waals surface area contributed by atoms with Crippen LogP contribution in [0.3, 0.4) is 0 Å². The minimum Gasteiger partial charge on any atom is -0.349 e. The Bertz CT molecular complexity index is 184. The summed E-state index contributed by atoms with van der Waals surface area (Å²) in [7, 11) is 0. The van der Waals surface area contributed by atoms with Gasteiger partial charge in [-0.1, -0.05) is 18.5 Å². The second-order valence-corrected chi connectivity index (χ2v) is 2.73. The number of aliphatic imine (C=N–C) groups is 1. The Morgan fingerprint density at radius 2 is 2.50 bits per heavy atom. The highest BCUT2D eigenvalue weighted by atomic mass is 35.5. The molecule has 0 aliphatic carbocycles. The van der Waals surface area contributed by atoms with Gasteiger partial charge in [-0.3, -0.25) is 4.99 Å². The SMILES string of the molecule is CCC1N=CNC(C)=C1Cl. The van der Waals surface area contributed by atoms with Crippen molar-refractivity contribution < 1.29 is 0 Å². The van der Waals surface area contributed by atoms with Crippen molar-refractivity contribution >= 4 is 17.9 Å².